The van der Waals surface area contributed by atoms with Crippen molar-refractivity contribution in [1.82, 2.24) is 14.1 Å². The highest BCUT2D eigenvalue weighted by atomic mass is 35.5. The third kappa shape index (κ3) is 4.30. The lowest BCUT2D eigenvalue weighted by molar-refractivity contribution is -0.173. The molecular formula is C15H14ClF4N3O3S. The topological polar surface area (TPSA) is 72.3 Å². The Morgan fingerprint density at radius 1 is 1.30 bits per heavy atom. The molecule has 0 fully saturated rings. The molecule has 0 aliphatic rings. The lowest BCUT2D eigenvalue weighted by Crippen LogP contribution is -2.42. The van der Waals surface area contributed by atoms with Gasteiger partial charge in [-0.3, -0.25) is 4.79 Å². The van der Waals surface area contributed by atoms with Crippen molar-refractivity contribution in [3.8, 4) is 0 Å². The predicted molar refractivity (Wildman–Crippen MR) is 89.2 cm³/mol. The van der Waals surface area contributed by atoms with Crippen LogP contribution in [0.15, 0.2) is 40.2 Å². The molecule has 0 bridgehead atoms. The van der Waals surface area contributed by atoms with Crippen molar-refractivity contribution in [2.75, 3.05) is 6.54 Å². The smallest absolute Gasteiger partial charge is 0.268 e. The van der Waals surface area contributed by atoms with Crippen LogP contribution in [0.3, 0.4) is 0 Å². The lowest BCUT2D eigenvalue weighted by atomic mass is 10.1. The van der Waals surface area contributed by atoms with Crippen molar-refractivity contribution in [3.05, 3.63) is 57.2 Å². The predicted octanol–water partition coefficient (Wildman–Crippen LogP) is 2.89. The van der Waals surface area contributed by atoms with E-state index < -0.39 is 55.6 Å². The normalized spacial score (nSPS) is 13.8. The summed E-state index contributed by atoms with van der Waals surface area (Å²) in [5, 5.41) is 3.12. The Morgan fingerprint density at radius 2 is 1.93 bits per heavy atom. The van der Waals surface area contributed by atoms with Gasteiger partial charge in [0.25, 0.3) is 5.56 Å². The summed E-state index contributed by atoms with van der Waals surface area (Å²) in [5.41, 5.74) is -1.46. The molecule has 1 atom stereocenters. The summed E-state index contributed by atoms with van der Waals surface area (Å²) in [6, 6.07) is 0.320. The van der Waals surface area contributed by atoms with E-state index in [4.69, 9.17) is 11.6 Å². The number of benzene rings is 1. The van der Waals surface area contributed by atoms with Crippen LogP contribution in [0.1, 0.15) is 18.5 Å². The molecule has 0 radical (unpaired) electrons. The van der Waals surface area contributed by atoms with Crippen molar-refractivity contribution in [3.63, 3.8) is 0 Å². The molecule has 0 spiro atoms. The second-order valence-electron chi connectivity index (χ2n) is 5.48. The summed E-state index contributed by atoms with van der Waals surface area (Å²) in [6.45, 7) is 0.600. The first-order chi connectivity index (χ1) is 12.4. The van der Waals surface area contributed by atoms with Crippen LogP contribution in [0.5, 0.6) is 0 Å². The van der Waals surface area contributed by atoms with E-state index in [2.05, 4.69) is 5.10 Å². The second kappa shape index (κ2) is 7.56. The van der Waals surface area contributed by atoms with Crippen LogP contribution in [-0.2, 0) is 17.1 Å². The number of rotatable bonds is 5. The average molecular weight is 428 g/mol. The highest BCUT2D eigenvalue weighted by Crippen LogP contribution is 2.40. The van der Waals surface area contributed by atoms with Gasteiger partial charge in [0.15, 0.2) is 0 Å². The van der Waals surface area contributed by atoms with Gasteiger partial charge in [0.05, 0.1) is 11.2 Å². The second-order valence-corrected chi connectivity index (χ2v) is 7.78. The molecule has 2 aromatic rings. The Kier molecular flexibility index (Phi) is 5.97. The maximum Gasteiger partial charge on any atom is 0.409 e. The van der Waals surface area contributed by atoms with Gasteiger partial charge in [-0.15, -0.1) is 0 Å². The number of sulfonamides is 1. The highest BCUT2D eigenvalue weighted by Gasteiger charge is 2.49. The number of alkyl halides is 3. The van der Waals surface area contributed by atoms with Gasteiger partial charge in [-0.05, 0) is 17.7 Å². The number of hydrogen-bond acceptors (Lipinski definition) is 4. The fourth-order valence-corrected chi connectivity index (χ4v) is 4.10. The fourth-order valence-electron chi connectivity index (χ4n) is 2.42. The van der Waals surface area contributed by atoms with Crippen molar-refractivity contribution >= 4 is 21.6 Å². The summed E-state index contributed by atoms with van der Waals surface area (Å²) in [5.74, 6) is -1.12. The molecule has 1 heterocycles. The van der Waals surface area contributed by atoms with Crippen molar-refractivity contribution in [2.45, 2.75) is 24.0 Å². The SMILES string of the molecule is CCN([C@H](c1ccc(Cl)c(F)c1)C(F)(F)F)S(=O)(=O)c1cnn(C)c(=O)c1. The van der Waals surface area contributed by atoms with Gasteiger partial charge in [0.1, 0.15) is 16.8 Å². The van der Waals surface area contributed by atoms with Gasteiger partial charge >= 0.3 is 6.18 Å². The molecular weight excluding hydrogens is 414 g/mol. The summed E-state index contributed by atoms with van der Waals surface area (Å²) in [6.07, 6.45) is -4.29. The van der Waals surface area contributed by atoms with Crippen LogP contribution >= 0.6 is 11.6 Å². The minimum Gasteiger partial charge on any atom is -0.268 e. The van der Waals surface area contributed by atoms with E-state index in [1.165, 1.54) is 14.0 Å². The molecule has 12 heteroatoms. The van der Waals surface area contributed by atoms with E-state index in [1.807, 2.05) is 0 Å². The van der Waals surface area contributed by atoms with Crippen molar-refractivity contribution in [1.29, 1.82) is 0 Å². The number of aryl methyl sites for hydroxylation is 1. The quantitative estimate of drug-likeness (QED) is 0.688. The summed E-state index contributed by atoms with van der Waals surface area (Å²) >= 11 is 5.50. The maximum absolute atomic E-state index is 13.7. The largest absolute Gasteiger partial charge is 0.409 e. The third-order valence-corrected chi connectivity index (χ3v) is 5.93. The third-order valence-electron chi connectivity index (χ3n) is 3.72. The van der Waals surface area contributed by atoms with Crippen molar-refractivity contribution in [2.24, 2.45) is 7.05 Å². The standard InChI is InChI=1S/C15H14ClF4N3O3S/c1-3-23(27(25,26)10-7-13(24)22(2)21-8-10)14(15(18,19)20)9-4-5-11(16)12(17)6-9/h4-8,14H,3H2,1-2H3/t14-/m1/s1. The fraction of sp³-hybridized carbons (Fsp3) is 0.333. The Morgan fingerprint density at radius 3 is 2.41 bits per heavy atom. The summed E-state index contributed by atoms with van der Waals surface area (Å²) < 4.78 is 81.3. The van der Waals surface area contributed by atoms with Gasteiger partial charge in [0.2, 0.25) is 10.0 Å². The molecule has 0 saturated carbocycles. The summed E-state index contributed by atoms with van der Waals surface area (Å²) in [4.78, 5) is 10.9. The number of nitrogens with zero attached hydrogens (tertiary/aromatic N) is 3. The van der Waals surface area contributed by atoms with Gasteiger partial charge < -0.3 is 0 Å². The molecule has 0 N–H and O–H groups in total. The molecule has 0 unspecified atom stereocenters. The van der Waals surface area contributed by atoms with Gasteiger partial charge in [-0.2, -0.15) is 22.6 Å². The van der Waals surface area contributed by atoms with E-state index in [1.54, 1.807) is 0 Å². The molecule has 0 saturated heterocycles. The van der Waals surface area contributed by atoms with Crippen LogP contribution in [0, 0.1) is 5.82 Å². The van der Waals surface area contributed by atoms with Crippen LogP contribution in [0.25, 0.3) is 0 Å². The van der Waals surface area contributed by atoms with Crippen LogP contribution in [-0.4, -0.2) is 35.2 Å². The molecule has 0 amide bonds. The molecule has 27 heavy (non-hydrogen) atoms. The monoisotopic (exact) mass is 427 g/mol. The van der Waals surface area contributed by atoms with Gasteiger partial charge in [-0.25, -0.2) is 17.5 Å². The van der Waals surface area contributed by atoms with Crippen LogP contribution in [0.2, 0.25) is 5.02 Å². The van der Waals surface area contributed by atoms with E-state index in [0.29, 0.717) is 12.1 Å². The number of halogens is 5. The van der Waals surface area contributed by atoms with E-state index in [9.17, 15) is 30.8 Å². The Labute approximate surface area is 157 Å². The lowest BCUT2D eigenvalue weighted by Gasteiger charge is -2.31. The van der Waals surface area contributed by atoms with Gasteiger partial charge in [-0.1, -0.05) is 24.6 Å². The zero-order chi connectivity index (χ0) is 20.6. The first kappa shape index (κ1) is 21.3. The van der Waals surface area contributed by atoms with Crippen molar-refractivity contribution < 1.29 is 26.0 Å². The molecule has 148 valence electrons. The average Bonchev–Trinajstić information content (AvgIpc) is 2.56. The van der Waals surface area contributed by atoms with Crippen LogP contribution in [0.4, 0.5) is 17.6 Å². The molecule has 0 aliphatic carbocycles. The van der Waals surface area contributed by atoms with E-state index in [0.717, 1.165) is 23.0 Å². The zero-order valence-electron chi connectivity index (χ0n) is 14.0. The Bertz CT molecular complexity index is 1010. The molecule has 1 aromatic carbocycles. The van der Waals surface area contributed by atoms with E-state index >= 15 is 0 Å². The number of hydrogen-bond donors (Lipinski definition) is 0. The first-order valence-electron chi connectivity index (χ1n) is 7.46. The molecule has 0 aliphatic heterocycles. The van der Waals surface area contributed by atoms with Crippen LogP contribution < -0.4 is 5.56 Å². The zero-order valence-corrected chi connectivity index (χ0v) is 15.6. The number of aromatic nitrogens is 2. The van der Waals surface area contributed by atoms with E-state index in [-0.39, 0.29) is 4.31 Å². The minimum absolute atomic E-state index is 0.131. The molecule has 6 nitrogen and oxygen atoms in total. The van der Waals surface area contributed by atoms with Gasteiger partial charge in [0, 0.05) is 19.7 Å². The Balaban J connectivity index is 2.65. The molecule has 2 rings (SSSR count). The summed E-state index contributed by atoms with van der Waals surface area (Å²) in [7, 11) is -3.51. The molecule has 1 aromatic heterocycles. The Hall–Kier alpha value is -1.98. The minimum atomic E-state index is -5.06. The maximum atomic E-state index is 13.7. The first-order valence-corrected chi connectivity index (χ1v) is 9.28. The highest BCUT2D eigenvalue weighted by molar-refractivity contribution is 7.89.